The number of hydrogen-bond acceptors (Lipinski definition) is 3. The van der Waals surface area contributed by atoms with Crippen LogP contribution in [0.3, 0.4) is 0 Å². The molecule has 0 aliphatic carbocycles. The SMILES string of the molecule is CC[C@H](C)[C@H](NC(=O)Nc1ccc2sccc2c1)C(=O)O. The molecule has 0 unspecified atom stereocenters. The van der Waals surface area contributed by atoms with Gasteiger partial charge in [0.2, 0.25) is 0 Å². The van der Waals surface area contributed by atoms with Crippen molar-refractivity contribution in [3.63, 3.8) is 0 Å². The Balaban J connectivity index is 2.04. The number of fused-ring (bicyclic) bond motifs is 1. The molecule has 0 radical (unpaired) electrons. The lowest BCUT2D eigenvalue weighted by molar-refractivity contribution is -0.140. The minimum atomic E-state index is -1.02. The molecule has 0 bridgehead atoms. The maximum absolute atomic E-state index is 11.9. The van der Waals surface area contributed by atoms with Crippen LogP contribution in [0.2, 0.25) is 0 Å². The summed E-state index contributed by atoms with van der Waals surface area (Å²) in [7, 11) is 0. The summed E-state index contributed by atoms with van der Waals surface area (Å²) in [4.78, 5) is 23.1. The van der Waals surface area contributed by atoms with E-state index in [1.165, 1.54) is 0 Å². The fourth-order valence-corrected chi connectivity index (χ4v) is 2.81. The van der Waals surface area contributed by atoms with Crippen molar-refractivity contribution < 1.29 is 14.7 Å². The molecule has 21 heavy (non-hydrogen) atoms. The molecule has 5 nitrogen and oxygen atoms in total. The molecular formula is C15H18N2O3S. The van der Waals surface area contributed by atoms with Crippen LogP contribution in [0.15, 0.2) is 29.6 Å². The summed E-state index contributed by atoms with van der Waals surface area (Å²) in [5.74, 6) is -1.15. The Bertz CT molecular complexity index is 653. The number of carboxylic acid groups (broad SMARTS) is 1. The first kappa shape index (κ1) is 15.3. The molecule has 0 fully saturated rings. The van der Waals surface area contributed by atoms with Crippen molar-refractivity contribution in [2.24, 2.45) is 5.92 Å². The van der Waals surface area contributed by atoms with E-state index in [0.29, 0.717) is 12.1 Å². The van der Waals surface area contributed by atoms with Crippen molar-refractivity contribution in [1.82, 2.24) is 5.32 Å². The third-order valence-corrected chi connectivity index (χ3v) is 4.37. The Labute approximate surface area is 127 Å². The summed E-state index contributed by atoms with van der Waals surface area (Å²) in [5, 5.41) is 17.4. The quantitative estimate of drug-likeness (QED) is 0.791. The number of thiophene rings is 1. The van der Waals surface area contributed by atoms with Crippen LogP contribution in [0, 0.1) is 5.92 Å². The standard InChI is InChI=1S/C15H18N2O3S/c1-3-9(2)13(14(18)19)17-15(20)16-11-4-5-12-10(8-11)6-7-21-12/h4-9,13H,3H2,1-2H3,(H,18,19)(H2,16,17,20)/t9-,13-/m0/s1. The highest BCUT2D eigenvalue weighted by Crippen LogP contribution is 2.23. The van der Waals surface area contributed by atoms with Crippen LogP contribution >= 0.6 is 11.3 Å². The van der Waals surface area contributed by atoms with Gasteiger partial charge in [-0.15, -0.1) is 11.3 Å². The number of carboxylic acids is 1. The summed E-state index contributed by atoms with van der Waals surface area (Å²) in [6.07, 6.45) is 0.679. The number of carbonyl (C=O) groups is 2. The van der Waals surface area contributed by atoms with Crippen molar-refractivity contribution in [3.8, 4) is 0 Å². The number of anilines is 1. The van der Waals surface area contributed by atoms with E-state index >= 15 is 0 Å². The first-order chi connectivity index (χ1) is 10.0. The zero-order valence-corrected chi connectivity index (χ0v) is 12.7. The topological polar surface area (TPSA) is 78.4 Å². The molecule has 1 aromatic heterocycles. The average molecular weight is 306 g/mol. The second-order valence-electron chi connectivity index (χ2n) is 4.97. The Morgan fingerprint density at radius 1 is 1.33 bits per heavy atom. The van der Waals surface area contributed by atoms with Gasteiger partial charge in [-0.3, -0.25) is 0 Å². The van der Waals surface area contributed by atoms with Crippen LogP contribution in [0.25, 0.3) is 10.1 Å². The first-order valence-electron chi connectivity index (χ1n) is 6.79. The summed E-state index contributed by atoms with van der Waals surface area (Å²) in [6.45, 7) is 3.70. The molecule has 0 aliphatic rings. The number of urea groups is 1. The van der Waals surface area contributed by atoms with Gasteiger partial charge in [-0.2, -0.15) is 0 Å². The molecule has 0 aliphatic heterocycles. The van der Waals surface area contributed by atoms with Crippen molar-refractivity contribution in [2.75, 3.05) is 5.32 Å². The van der Waals surface area contributed by atoms with Gasteiger partial charge in [0.05, 0.1) is 0 Å². The Morgan fingerprint density at radius 2 is 2.10 bits per heavy atom. The van der Waals surface area contributed by atoms with E-state index in [1.54, 1.807) is 24.3 Å². The molecular weight excluding hydrogens is 288 g/mol. The molecule has 6 heteroatoms. The number of aliphatic carboxylic acids is 1. The summed E-state index contributed by atoms with van der Waals surface area (Å²) >= 11 is 1.63. The molecule has 3 N–H and O–H groups in total. The van der Waals surface area contributed by atoms with Crippen molar-refractivity contribution in [1.29, 1.82) is 0 Å². The first-order valence-corrected chi connectivity index (χ1v) is 7.66. The highest BCUT2D eigenvalue weighted by Gasteiger charge is 2.25. The smallest absolute Gasteiger partial charge is 0.326 e. The van der Waals surface area contributed by atoms with Gasteiger partial charge in [-0.1, -0.05) is 20.3 Å². The zero-order valence-electron chi connectivity index (χ0n) is 11.9. The summed E-state index contributed by atoms with van der Waals surface area (Å²) in [6, 6.07) is 6.18. The van der Waals surface area contributed by atoms with Crippen molar-refractivity contribution in [2.45, 2.75) is 26.3 Å². The minimum Gasteiger partial charge on any atom is -0.480 e. The van der Waals surface area contributed by atoms with Crippen LogP contribution < -0.4 is 10.6 Å². The number of carbonyl (C=O) groups excluding carboxylic acids is 1. The van der Waals surface area contributed by atoms with Crippen LogP contribution in [0.5, 0.6) is 0 Å². The lowest BCUT2D eigenvalue weighted by atomic mass is 9.99. The third kappa shape index (κ3) is 3.72. The van der Waals surface area contributed by atoms with Crippen molar-refractivity contribution >= 4 is 39.1 Å². The molecule has 0 saturated heterocycles. The van der Waals surface area contributed by atoms with Gasteiger partial charge in [0, 0.05) is 10.4 Å². The van der Waals surface area contributed by atoms with E-state index < -0.39 is 18.0 Å². The lowest BCUT2D eigenvalue weighted by Crippen LogP contribution is -2.46. The average Bonchev–Trinajstić information content (AvgIpc) is 2.91. The number of nitrogens with one attached hydrogen (secondary N) is 2. The monoisotopic (exact) mass is 306 g/mol. The molecule has 2 atom stereocenters. The van der Waals surface area contributed by atoms with E-state index in [2.05, 4.69) is 10.6 Å². The molecule has 2 amide bonds. The van der Waals surface area contributed by atoms with E-state index in [9.17, 15) is 9.59 Å². The van der Waals surface area contributed by atoms with Gasteiger partial charge in [-0.25, -0.2) is 9.59 Å². The predicted molar refractivity (Wildman–Crippen MR) is 84.9 cm³/mol. The fraction of sp³-hybridized carbons (Fsp3) is 0.333. The molecule has 112 valence electrons. The molecule has 1 aromatic carbocycles. The maximum atomic E-state index is 11.9. The van der Waals surface area contributed by atoms with E-state index in [1.807, 2.05) is 30.5 Å². The highest BCUT2D eigenvalue weighted by atomic mass is 32.1. The van der Waals surface area contributed by atoms with E-state index in [0.717, 1.165) is 10.1 Å². The number of rotatable bonds is 5. The third-order valence-electron chi connectivity index (χ3n) is 3.48. The molecule has 0 saturated carbocycles. The van der Waals surface area contributed by atoms with Gasteiger partial charge in [0.15, 0.2) is 0 Å². The van der Waals surface area contributed by atoms with Crippen LogP contribution in [0.4, 0.5) is 10.5 Å². The zero-order chi connectivity index (χ0) is 15.4. The molecule has 1 heterocycles. The van der Waals surface area contributed by atoms with Crippen molar-refractivity contribution in [3.05, 3.63) is 29.6 Å². The fourth-order valence-electron chi connectivity index (χ4n) is 2.04. The number of hydrogen-bond donors (Lipinski definition) is 3. The molecule has 0 spiro atoms. The van der Waals surface area contributed by atoms with Crippen LogP contribution in [-0.2, 0) is 4.79 Å². The van der Waals surface area contributed by atoms with Crippen LogP contribution in [0.1, 0.15) is 20.3 Å². The van der Waals surface area contributed by atoms with E-state index in [-0.39, 0.29) is 5.92 Å². The van der Waals surface area contributed by atoms with Crippen LogP contribution in [-0.4, -0.2) is 23.1 Å². The number of benzene rings is 1. The van der Waals surface area contributed by atoms with Gasteiger partial charge in [0.1, 0.15) is 6.04 Å². The number of amides is 2. The Kier molecular flexibility index (Phi) is 4.80. The highest BCUT2D eigenvalue weighted by molar-refractivity contribution is 7.17. The molecule has 2 rings (SSSR count). The maximum Gasteiger partial charge on any atom is 0.326 e. The minimum absolute atomic E-state index is 0.132. The Morgan fingerprint density at radius 3 is 2.76 bits per heavy atom. The molecule has 2 aromatic rings. The van der Waals surface area contributed by atoms with Gasteiger partial charge in [-0.05, 0) is 40.9 Å². The normalized spacial score (nSPS) is 13.6. The van der Waals surface area contributed by atoms with Gasteiger partial charge < -0.3 is 15.7 Å². The lowest BCUT2D eigenvalue weighted by Gasteiger charge is -2.20. The Hall–Kier alpha value is -2.08. The van der Waals surface area contributed by atoms with Gasteiger partial charge >= 0.3 is 12.0 Å². The summed E-state index contributed by atoms with van der Waals surface area (Å²) in [5.41, 5.74) is 0.645. The summed E-state index contributed by atoms with van der Waals surface area (Å²) < 4.78 is 1.14. The second kappa shape index (κ2) is 6.58. The largest absolute Gasteiger partial charge is 0.480 e. The van der Waals surface area contributed by atoms with E-state index in [4.69, 9.17) is 5.11 Å². The predicted octanol–water partition coefficient (Wildman–Crippen LogP) is 3.52. The second-order valence-corrected chi connectivity index (χ2v) is 5.92. The van der Waals surface area contributed by atoms with Gasteiger partial charge in [0.25, 0.3) is 0 Å².